The first kappa shape index (κ1) is 12.3. The van der Waals surface area contributed by atoms with Gasteiger partial charge >= 0.3 is 6.61 Å². The molecule has 0 atom stereocenters. The Morgan fingerprint density at radius 3 is 2.69 bits per heavy atom. The fraction of sp³-hybridized carbons (Fsp3) is 0.273. The zero-order valence-corrected chi connectivity index (χ0v) is 8.57. The highest BCUT2D eigenvalue weighted by atomic mass is 19.3. The minimum Gasteiger partial charge on any atom is -0.434 e. The number of hydrogen-bond donors (Lipinski definition) is 0. The van der Waals surface area contributed by atoms with Crippen molar-refractivity contribution in [2.75, 3.05) is 0 Å². The maximum absolute atomic E-state index is 12.1. The van der Waals surface area contributed by atoms with Crippen LogP contribution in [0.5, 0.6) is 5.75 Å². The number of rotatable bonds is 5. The number of halogens is 2. The van der Waals surface area contributed by atoms with Crippen LogP contribution < -0.4 is 4.74 Å². The molecule has 0 radical (unpaired) electrons. The van der Waals surface area contributed by atoms with Gasteiger partial charge in [-0.25, -0.2) is 0 Å². The molecule has 5 heteroatoms. The molecule has 0 aliphatic rings. The maximum atomic E-state index is 12.1. The van der Waals surface area contributed by atoms with Gasteiger partial charge in [-0.15, -0.1) is 0 Å². The molecule has 0 N–H and O–H groups in total. The molecule has 0 aliphatic carbocycles. The smallest absolute Gasteiger partial charge is 0.387 e. The summed E-state index contributed by atoms with van der Waals surface area (Å²) < 4.78 is 28.5. The predicted octanol–water partition coefficient (Wildman–Crippen LogP) is 2.23. The second kappa shape index (κ2) is 5.34. The third-order valence-electron chi connectivity index (χ3n) is 1.90. The Hall–Kier alpha value is -1.78. The van der Waals surface area contributed by atoms with E-state index in [0.717, 1.165) is 0 Å². The molecular weight excluding hydrogens is 218 g/mol. The van der Waals surface area contributed by atoms with E-state index in [1.165, 1.54) is 25.1 Å². The van der Waals surface area contributed by atoms with Crippen LogP contribution in [0.15, 0.2) is 18.2 Å². The predicted molar refractivity (Wildman–Crippen MR) is 52.8 cm³/mol. The number of carbonyl (C=O) groups excluding carboxylic acids is 2. The van der Waals surface area contributed by atoms with Gasteiger partial charge in [0.15, 0.2) is 6.29 Å². The molecule has 86 valence electrons. The average molecular weight is 228 g/mol. The molecule has 0 fully saturated rings. The highest BCUT2D eigenvalue weighted by molar-refractivity contribution is 5.83. The standard InChI is InChI=1S/C11H10F2O3/c1-7(15)5-8-3-2-4-9(6-14)10(8)16-11(12)13/h2-4,6,11H,5H2,1H3. The summed E-state index contributed by atoms with van der Waals surface area (Å²) in [4.78, 5) is 21.6. The number of aldehydes is 1. The van der Waals surface area contributed by atoms with E-state index >= 15 is 0 Å². The van der Waals surface area contributed by atoms with Crippen LogP contribution in [0.2, 0.25) is 0 Å². The molecule has 1 aromatic rings. The first-order chi connectivity index (χ1) is 7.54. The lowest BCUT2D eigenvalue weighted by atomic mass is 10.0. The van der Waals surface area contributed by atoms with Crippen molar-refractivity contribution in [1.29, 1.82) is 0 Å². The van der Waals surface area contributed by atoms with Crippen molar-refractivity contribution >= 4 is 12.1 Å². The second-order valence-corrected chi connectivity index (χ2v) is 3.21. The number of hydrogen-bond acceptors (Lipinski definition) is 3. The van der Waals surface area contributed by atoms with E-state index in [2.05, 4.69) is 4.74 Å². The molecule has 3 nitrogen and oxygen atoms in total. The number of benzene rings is 1. The Bertz CT molecular complexity index is 402. The molecule has 0 aliphatic heterocycles. The Morgan fingerprint density at radius 1 is 1.50 bits per heavy atom. The Balaban J connectivity index is 3.14. The topological polar surface area (TPSA) is 43.4 Å². The minimum atomic E-state index is -3.02. The van der Waals surface area contributed by atoms with Crippen molar-refractivity contribution in [1.82, 2.24) is 0 Å². The minimum absolute atomic E-state index is 0.0130. The van der Waals surface area contributed by atoms with Crippen molar-refractivity contribution in [3.05, 3.63) is 29.3 Å². The Morgan fingerprint density at radius 2 is 2.19 bits per heavy atom. The van der Waals surface area contributed by atoms with Crippen LogP contribution in [0.3, 0.4) is 0 Å². The van der Waals surface area contributed by atoms with E-state index in [1.54, 1.807) is 0 Å². The number of alkyl halides is 2. The first-order valence-corrected chi connectivity index (χ1v) is 4.56. The molecule has 0 amide bonds. The van der Waals surface area contributed by atoms with Crippen LogP contribution in [0.1, 0.15) is 22.8 Å². The quantitative estimate of drug-likeness (QED) is 0.726. The number of para-hydroxylation sites is 1. The number of ether oxygens (including phenoxy) is 1. The number of Topliss-reactive ketones (excluding diaryl/α,β-unsaturated/α-hetero) is 1. The fourth-order valence-electron chi connectivity index (χ4n) is 1.34. The Kier molecular flexibility index (Phi) is 4.10. The van der Waals surface area contributed by atoms with Gasteiger partial charge < -0.3 is 4.74 Å². The molecule has 1 aromatic carbocycles. The van der Waals surface area contributed by atoms with Gasteiger partial charge in [0.05, 0.1) is 5.56 Å². The molecule has 16 heavy (non-hydrogen) atoms. The largest absolute Gasteiger partial charge is 0.434 e. The monoisotopic (exact) mass is 228 g/mol. The lowest BCUT2D eigenvalue weighted by molar-refractivity contribution is -0.116. The van der Waals surface area contributed by atoms with Crippen LogP contribution in [0.25, 0.3) is 0 Å². The SMILES string of the molecule is CC(=O)Cc1cccc(C=O)c1OC(F)F. The van der Waals surface area contributed by atoms with E-state index in [9.17, 15) is 18.4 Å². The van der Waals surface area contributed by atoms with E-state index in [-0.39, 0.29) is 29.1 Å². The molecule has 0 aromatic heterocycles. The van der Waals surface area contributed by atoms with Crippen LogP contribution >= 0.6 is 0 Å². The fourth-order valence-corrected chi connectivity index (χ4v) is 1.34. The van der Waals surface area contributed by atoms with Gasteiger partial charge in [-0.3, -0.25) is 9.59 Å². The highest BCUT2D eigenvalue weighted by Gasteiger charge is 2.14. The zero-order chi connectivity index (χ0) is 12.1. The van der Waals surface area contributed by atoms with Crippen molar-refractivity contribution in [2.24, 2.45) is 0 Å². The average Bonchev–Trinajstić information content (AvgIpc) is 2.19. The lowest BCUT2D eigenvalue weighted by Crippen LogP contribution is -2.08. The van der Waals surface area contributed by atoms with E-state index in [1.807, 2.05) is 0 Å². The van der Waals surface area contributed by atoms with Crippen LogP contribution in [0.4, 0.5) is 8.78 Å². The summed E-state index contributed by atoms with van der Waals surface area (Å²) >= 11 is 0. The molecule has 0 spiro atoms. The third-order valence-corrected chi connectivity index (χ3v) is 1.90. The Labute approximate surface area is 91.0 Å². The van der Waals surface area contributed by atoms with Crippen molar-refractivity contribution in [2.45, 2.75) is 20.0 Å². The summed E-state index contributed by atoms with van der Waals surface area (Å²) in [6, 6.07) is 4.35. The normalized spacial score (nSPS) is 10.2. The summed E-state index contributed by atoms with van der Waals surface area (Å²) in [5, 5.41) is 0. The van der Waals surface area contributed by atoms with Crippen molar-refractivity contribution in [3.63, 3.8) is 0 Å². The van der Waals surface area contributed by atoms with Gasteiger partial charge in [0.25, 0.3) is 0 Å². The maximum Gasteiger partial charge on any atom is 0.387 e. The summed E-state index contributed by atoms with van der Waals surface area (Å²) in [7, 11) is 0. The lowest BCUT2D eigenvalue weighted by Gasteiger charge is -2.11. The van der Waals surface area contributed by atoms with Gasteiger partial charge in [-0.05, 0) is 13.0 Å². The van der Waals surface area contributed by atoms with Crippen LogP contribution in [0, 0.1) is 0 Å². The molecule has 0 saturated heterocycles. The summed E-state index contributed by atoms with van der Waals surface area (Å²) in [5.41, 5.74) is 0.302. The van der Waals surface area contributed by atoms with Gasteiger partial charge in [-0.1, -0.05) is 12.1 Å². The van der Waals surface area contributed by atoms with Crippen molar-refractivity contribution in [3.8, 4) is 5.75 Å². The molecule has 0 heterocycles. The van der Waals surface area contributed by atoms with Crippen LogP contribution in [-0.4, -0.2) is 18.7 Å². The van der Waals surface area contributed by atoms with Crippen LogP contribution in [-0.2, 0) is 11.2 Å². The molecule has 1 rings (SSSR count). The number of carbonyl (C=O) groups is 2. The van der Waals surface area contributed by atoms with E-state index in [0.29, 0.717) is 6.29 Å². The highest BCUT2D eigenvalue weighted by Crippen LogP contribution is 2.25. The molecule has 0 saturated carbocycles. The van der Waals surface area contributed by atoms with Gasteiger partial charge in [0.1, 0.15) is 11.5 Å². The second-order valence-electron chi connectivity index (χ2n) is 3.21. The van der Waals surface area contributed by atoms with Gasteiger partial charge in [-0.2, -0.15) is 8.78 Å². The summed E-state index contributed by atoms with van der Waals surface area (Å²) in [5.74, 6) is -0.412. The number of ketones is 1. The summed E-state index contributed by atoms with van der Waals surface area (Å²) in [6.45, 7) is -1.69. The van der Waals surface area contributed by atoms with E-state index < -0.39 is 6.61 Å². The third kappa shape index (κ3) is 3.12. The van der Waals surface area contributed by atoms with Crippen molar-refractivity contribution < 1.29 is 23.1 Å². The zero-order valence-electron chi connectivity index (χ0n) is 8.57. The molecule has 0 unspecified atom stereocenters. The first-order valence-electron chi connectivity index (χ1n) is 4.56. The van der Waals surface area contributed by atoms with Gasteiger partial charge in [0, 0.05) is 12.0 Å². The molecule has 0 bridgehead atoms. The van der Waals surface area contributed by atoms with Gasteiger partial charge in [0.2, 0.25) is 0 Å². The van der Waals surface area contributed by atoms with E-state index in [4.69, 9.17) is 0 Å². The molecular formula is C11H10F2O3. The summed E-state index contributed by atoms with van der Waals surface area (Å²) in [6.07, 6.45) is 0.380.